The van der Waals surface area contributed by atoms with Crippen LogP contribution in [-0.2, 0) is 0 Å². The normalized spacial score (nSPS) is 18.2. The van der Waals surface area contributed by atoms with Crippen LogP contribution in [0.4, 0.5) is 0 Å². The highest BCUT2D eigenvalue weighted by molar-refractivity contribution is 6.32. The Morgan fingerprint density at radius 3 is 1.73 bits per heavy atom. The molecule has 6 rings (SSSR count). The number of Topliss-reactive ketones (excluding diaryl/α,β-unsaturated/α-hetero) is 2. The Morgan fingerprint density at radius 1 is 0.675 bits per heavy atom. The molecule has 2 aliphatic rings. The molecular weight excluding hydrogens is 545 g/mol. The van der Waals surface area contributed by atoms with Crippen LogP contribution in [0.15, 0.2) is 72.8 Å². The van der Waals surface area contributed by atoms with E-state index in [1.54, 1.807) is 55.5 Å². The molecular formula is C33H25Cl2NO4. The van der Waals surface area contributed by atoms with E-state index in [0.29, 0.717) is 49.5 Å². The van der Waals surface area contributed by atoms with Crippen molar-refractivity contribution in [1.29, 1.82) is 0 Å². The summed E-state index contributed by atoms with van der Waals surface area (Å²) in [4.78, 5) is 56.2. The van der Waals surface area contributed by atoms with Gasteiger partial charge < -0.3 is 0 Å². The lowest BCUT2D eigenvalue weighted by atomic mass is 9.83. The lowest BCUT2D eigenvalue weighted by molar-refractivity contribution is 0.0549. The Hall–Kier alpha value is -3.80. The number of imide groups is 1. The Kier molecular flexibility index (Phi) is 6.60. The van der Waals surface area contributed by atoms with Crippen molar-refractivity contribution in [3.63, 3.8) is 0 Å². The molecule has 0 radical (unpaired) electrons. The van der Waals surface area contributed by atoms with Gasteiger partial charge in [0.25, 0.3) is 11.8 Å². The monoisotopic (exact) mass is 569 g/mol. The molecule has 0 N–H and O–H groups in total. The Bertz CT molecular complexity index is 1700. The minimum Gasteiger partial charge on any atom is -0.294 e. The van der Waals surface area contributed by atoms with Crippen molar-refractivity contribution in [2.75, 3.05) is 0 Å². The minimum atomic E-state index is -0.544. The molecule has 4 aromatic rings. The van der Waals surface area contributed by atoms with Crippen LogP contribution < -0.4 is 0 Å². The number of carbonyl (C=O) groups is 4. The smallest absolute Gasteiger partial charge is 0.261 e. The number of ketones is 2. The second-order valence-electron chi connectivity index (χ2n) is 10.7. The number of benzene rings is 4. The van der Waals surface area contributed by atoms with Crippen molar-refractivity contribution in [2.24, 2.45) is 5.92 Å². The molecule has 40 heavy (non-hydrogen) atoms. The van der Waals surface area contributed by atoms with Gasteiger partial charge in [0.1, 0.15) is 0 Å². The lowest BCUT2D eigenvalue weighted by Crippen LogP contribution is -2.42. The lowest BCUT2D eigenvalue weighted by Gasteiger charge is -2.32. The van der Waals surface area contributed by atoms with Crippen LogP contribution in [-0.4, -0.2) is 28.3 Å². The van der Waals surface area contributed by atoms with E-state index in [-0.39, 0.29) is 23.9 Å². The fourth-order valence-corrected chi connectivity index (χ4v) is 6.33. The second-order valence-corrected chi connectivity index (χ2v) is 11.5. The number of halogens is 2. The summed E-state index contributed by atoms with van der Waals surface area (Å²) >= 11 is 12.1. The predicted molar refractivity (Wildman–Crippen MR) is 156 cm³/mol. The summed E-state index contributed by atoms with van der Waals surface area (Å²) < 4.78 is 0. The molecule has 0 bridgehead atoms. The molecule has 0 saturated carbocycles. The third kappa shape index (κ3) is 4.25. The summed E-state index contributed by atoms with van der Waals surface area (Å²) in [6, 6.07) is 20.5. The van der Waals surface area contributed by atoms with Crippen LogP contribution >= 0.6 is 23.2 Å². The van der Waals surface area contributed by atoms with Gasteiger partial charge in [-0.2, -0.15) is 0 Å². The van der Waals surface area contributed by atoms with Gasteiger partial charge in [0.05, 0.1) is 6.04 Å². The van der Waals surface area contributed by atoms with Crippen LogP contribution in [0.25, 0.3) is 10.8 Å². The van der Waals surface area contributed by atoms with E-state index in [2.05, 4.69) is 0 Å². The van der Waals surface area contributed by atoms with Crippen molar-refractivity contribution in [3.05, 3.63) is 116 Å². The van der Waals surface area contributed by atoms with Gasteiger partial charge in [-0.15, -0.1) is 0 Å². The van der Waals surface area contributed by atoms with Gasteiger partial charge in [0, 0.05) is 55.4 Å². The first-order valence-corrected chi connectivity index (χ1v) is 14.0. The average molecular weight is 570 g/mol. The van der Waals surface area contributed by atoms with Gasteiger partial charge in [-0.25, -0.2) is 0 Å². The highest BCUT2D eigenvalue weighted by atomic mass is 35.5. The van der Waals surface area contributed by atoms with Gasteiger partial charge in [-0.1, -0.05) is 54.4 Å². The van der Waals surface area contributed by atoms with Crippen molar-refractivity contribution in [2.45, 2.75) is 38.6 Å². The van der Waals surface area contributed by atoms with E-state index in [1.807, 2.05) is 31.2 Å². The predicted octanol–water partition coefficient (Wildman–Crippen LogP) is 8.08. The Morgan fingerprint density at radius 2 is 1.15 bits per heavy atom. The van der Waals surface area contributed by atoms with Crippen molar-refractivity contribution in [3.8, 4) is 0 Å². The largest absolute Gasteiger partial charge is 0.294 e. The molecule has 1 aliphatic carbocycles. The fourth-order valence-electron chi connectivity index (χ4n) is 6.07. The van der Waals surface area contributed by atoms with E-state index in [1.165, 1.54) is 4.90 Å². The fraction of sp³-hybridized carbons (Fsp3) is 0.212. The second kappa shape index (κ2) is 9.99. The topological polar surface area (TPSA) is 71.5 Å². The third-order valence-electron chi connectivity index (χ3n) is 8.24. The maximum atomic E-state index is 13.9. The summed E-state index contributed by atoms with van der Waals surface area (Å²) in [7, 11) is 0. The first-order chi connectivity index (χ1) is 19.2. The van der Waals surface area contributed by atoms with E-state index >= 15 is 0 Å². The van der Waals surface area contributed by atoms with Crippen molar-refractivity contribution >= 4 is 57.4 Å². The van der Waals surface area contributed by atoms with Crippen molar-refractivity contribution < 1.29 is 19.2 Å². The maximum Gasteiger partial charge on any atom is 0.261 e. The first-order valence-electron chi connectivity index (χ1n) is 13.2. The summed E-state index contributed by atoms with van der Waals surface area (Å²) in [6.07, 6.45) is 0.553. The van der Waals surface area contributed by atoms with Gasteiger partial charge in [0.2, 0.25) is 0 Å². The zero-order valence-corrected chi connectivity index (χ0v) is 23.4. The molecule has 1 heterocycles. The molecule has 0 spiro atoms. The number of carbonyl (C=O) groups excluding carboxylic acids is 4. The standard InChI is InChI=1S/C33H25Cl2NO4/c1-17(19-3-7-22(34)8-4-19)15-21-16-28(37)24-11-13-26-30-27(14-12-25(29(24)30)31(21)38)33(40)36(32(26)39)18(2)20-5-9-23(35)10-6-20/h3-14,17-18,21H,15-16H2,1-2H3. The molecule has 1 aliphatic heterocycles. The van der Waals surface area contributed by atoms with Gasteiger partial charge in [0.15, 0.2) is 11.6 Å². The maximum absolute atomic E-state index is 13.9. The number of amides is 2. The molecule has 0 aromatic heterocycles. The summed E-state index contributed by atoms with van der Waals surface area (Å²) in [5.74, 6) is -1.73. The molecule has 200 valence electrons. The molecule has 0 saturated heterocycles. The third-order valence-corrected chi connectivity index (χ3v) is 8.75. The Labute approximate surface area is 241 Å². The molecule has 5 nitrogen and oxygen atoms in total. The van der Waals surface area contributed by atoms with Crippen LogP contribution in [0, 0.1) is 5.92 Å². The summed E-state index contributed by atoms with van der Waals surface area (Å²) in [5, 5.41) is 1.99. The minimum absolute atomic E-state index is 0.0236. The van der Waals surface area contributed by atoms with Gasteiger partial charge in [-0.3, -0.25) is 24.1 Å². The van der Waals surface area contributed by atoms with Crippen LogP contribution in [0.3, 0.4) is 0 Å². The quantitative estimate of drug-likeness (QED) is 0.228. The van der Waals surface area contributed by atoms with Gasteiger partial charge >= 0.3 is 0 Å². The van der Waals surface area contributed by atoms with E-state index < -0.39 is 23.8 Å². The van der Waals surface area contributed by atoms with Crippen LogP contribution in [0.2, 0.25) is 10.0 Å². The molecule has 3 unspecified atom stereocenters. The zero-order valence-electron chi connectivity index (χ0n) is 21.9. The molecule has 7 heteroatoms. The first kappa shape index (κ1) is 26.4. The molecule has 4 aromatic carbocycles. The number of hydrogen-bond acceptors (Lipinski definition) is 4. The summed E-state index contributed by atoms with van der Waals surface area (Å²) in [5.41, 5.74) is 3.18. The van der Waals surface area contributed by atoms with E-state index in [0.717, 1.165) is 11.1 Å². The molecule has 0 fully saturated rings. The average Bonchev–Trinajstić information content (AvgIpc) is 3.04. The van der Waals surface area contributed by atoms with E-state index in [4.69, 9.17) is 23.2 Å². The Balaban J connectivity index is 1.41. The SMILES string of the molecule is CC(CC1CC(=O)c2ccc3c4c(ccc(c24)C1=O)C(=O)N(C(C)c1ccc(Cl)cc1)C3=O)c1ccc(Cl)cc1. The number of nitrogens with zero attached hydrogens (tertiary/aromatic N) is 1. The van der Waals surface area contributed by atoms with Crippen molar-refractivity contribution in [1.82, 2.24) is 4.90 Å². The highest BCUT2D eigenvalue weighted by Gasteiger charge is 2.40. The zero-order chi connectivity index (χ0) is 28.3. The number of hydrogen-bond donors (Lipinski definition) is 0. The molecule has 3 atom stereocenters. The highest BCUT2D eigenvalue weighted by Crippen LogP contribution is 2.41. The molecule has 2 amide bonds. The summed E-state index contributed by atoms with van der Waals surface area (Å²) in [6.45, 7) is 3.82. The van der Waals surface area contributed by atoms with Crippen LogP contribution in [0.5, 0.6) is 0 Å². The van der Waals surface area contributed by atoms with E-state index in [9.17, 15) is 19.2 Å². The number of rotatable bonds is 5. The van der Waals surface area contributed by atoms with Crippen LogP contribution in [0.1, 0.15) is 91.2 Å². The van der Waals surface area contributed by atoms with Gasteiger partial charge in [-0.05, 0) is 78.9 Å².